The molecule has 0 saturated heterocycles. The highest BCUT2D eigenvalue weighted by atomic mass is 16.5. The van der Waals surface area contributed by atoms with Crippen molar-refractivity contribution in [3.63, 3.8) is 0 Å². The van der Waals surface area contributed by atoms with Crippen LogP contribution in [-0.2, 0) is 20.7 Å². The molecule has 2 atom stereocenters. The molecule has 0 bridgehead atoms. The summed E-state index contributed by atoms with van der Waals surface area (Å²) in [5, 5.41) is 0. The molecule has 1 aromatic carbocycles. The molecule has 0 N–H and O–H groups in total. The lowest BCUT2D eigenvalue weighted by atomic mass is 9.74. The van der Waals surface area contributed by atoms with Gasteiger partial charge < -0.3 is 9.47 Å². The van der Waals surface area contributed by atoms with Crippen LogP contribution in [0.5, 0.6) is 5.75 Å². The molecule has 0 spiro atoms. The molecule has 2 rings (SSSR count). The van der Waals surface area contributed by atoms with Gasteiger partial charge in [0.05, 0.1) is 19.6 Å². The van der Waals surface area contributed by atoms with E-state index >= 15 is 0 Å². The Labute approximate surface area is 123 Å². The van der Waals surface area contributed by atoms with Gasteiger partial charge in [0.15, 0.2) is 5.78 Å². The number of rotatable bonds is 4. The molecular formula is C16H18O5. The van der Waals surface area contributed by atoms with E-state index in [0.29, 0.717) is 17.7 Å². The Kier molecular flexibility index (Phi) is 4.40. The maximum Gasteiger partial charge on any atom is 0.375 e. The molecular weight excluding hydrogens is 272 g/mol. The van der Waals surface area contributed by atoms with Crippen molar-refractivity contribution in [2.24, 2.45) is 11.8 Å². The molecule has 5 heteroatoms. The molecule has 5 nitrogen and oxygen atoms in total. The van der Waals surface area contributed by atoms with Gasteiger partial charge in [-0.2, -0.15) is 0 Å². The van der Waals surface area contributed by atoms with E-state index in [-0.39, 0.29) is 18.3 Å². The highest BCUT2D eigenvalue weighted by Gasteiger charge is 2.41. The molecule has 0 heterocycles. The van der Waals surface area contributed by atoms with Crippen molar-refractivity contribution >= 4 is 17.5 Å². The minimum absolute atomic E-state index is 0.115. The summed E-state index contributed by atoms with van der Waals surface area (Å²) in [6.07, 6.45) is 0.570. The molecule has 0 aliphatic heterocycles. The zero-order valence-corrected chi connectivity index (χ0v) is 12.3. The number of carbonyl (C=O) groups is 3. The topological polar surface area (TPSA) is 69.7 Å². The number of hydrogen-bond donors (Lipinski definition) is 0. The predicted molar refractivity (Wildman–Crippen MR) is 75.3 cm³/mol. The molecule has 0 aromatic heterocycles. The number of esters is 1. The van der Waals surface area contributed by atoms with Gasteiger partial charge in [0.2, 0.25) is 0 Å². The fraction of sp³-hybridized carbons (Fsp3) is 0.438. The van der Waals surface area contributed by atoms with Crippen LogP contribution in [0.4, 0.5) is 0 Å². The smallest absolute Gasteiger partial charge is 0.375 e. The van der Waals surface area contributed by atoms with Crippen LogP contribution >= 0.6 is 0 Å². The van der Waals surface area contributed by atoms with E-state index in [9.17, 15) is 14.4 Å². The van der Waals surface area contributed by atoms with Gasteiger partial charge in [0.25, 0.3) is 5.78 Å². The largest absolute Gasteiger partial charge is 0.497 e. The lowest BCUT2D eigenvalue weighted by Gasteiger charge is -2.27. The minimum Gasteiger partial charge on any atom is -0.497 e. The second-order valence-electron chi connectivity index (χ2n) is 5.13. The number of fused-ring (bicyclic) bond motifs is 1. The van der Waals surface area contributed by atoms with E-state index in [4.69, 9.17) is 9.47 Å². The summed E-state index contributed by atoms with van der Waals surface area (Å²) in [4.78, 5) is 36.3. The second kappa shape index (κ2) is 6.08. The maximum absolute atomic E-state index is 12.6. The molecule has 0 fully saturated rings. The van der Waals surface area contributed by atoms with Gasteiger partial charge in [-0.1, -0.05) is 13.0 Å². The molecule has 1 aromatic rings. The first-order valence-electron chi connectivity index (χ1n) is 6.91. The molecule has 2 unspecified atom stereocenters. The third-order valence-corrected chi connectivity index (χ3v) is 3.73. The van der Waals surface area contributed by atoms with Crippen molar-refractivity contribution in [2.75, 3.05) is 13.7 Å². The monoisotopic (exact) mass is 290 g/mol. The fourth-order valence-corrected chi connectivity index (χ4v) is 2.69. The third-order valence-electron chi connectivity index (χ3n) is 3.73. The van der Waals surface area contributed by atoms with Gasteiger partial charge >= 0.3 is 5.97 Å². The number of benzene rings is 1. The first kappa shape index (κ1) is 15.2. The average Bonchev–Trinajstić information content (AvgIpc) is 2.47. The molecule has 0 saturated carbocycles. The molecule has 112 valence electrons. The summed E-state index contributed by atoms with van der Waals surface area (Å²) in [6, 6.07) is 5.23. The summed E-state index contributed by atoms with van der Waals surface area (Å²) in [5.41, 5.74) is 1.33. The van der Waals surface area contributed by atoms with Crippen LogP contribution in [-0.4, -0.2) is 31.3 Å². The summed E-state index contributed by atoms with van der Waals surface area (Å²) in [7, 11) is 1.51. The van der Waals surface area contributed by atoms with E-state index < -0.39 is 17.7 Å². The molecule has 21 heavy (non-hydrogen) atoms. The van der Waals surface area contributed by atoms with E-state index in [1.807, 2.05) is 6.07 Å². The minimum atomic E-state index is -0.969. The molecule has 0 radical (unpaired) electrons. The number of ether oxygens (including phenoxy) is 2. The standard InChI is InChI=1S/C16H18O5/c1-4-21-16(19)15(18)13-9(2)7-10-5-6-11(20-3)8-12(10)14(13)17/h5-6,8-9,13H,4,7H2,1-3H3. The van der Waals surface area contributed by atoms with E-state index in [0.717, 1.165) is 5.56 Å². The van der Waals surface area contributed by atoms with Crippen molar-refractivity contribution in [1.29, 1.82) is 0 Å². The second-order valence-corrected chi connectivity index (χ2v) is 5.13. The Hall–Kier alpha value is -2.17. The summed E-state index contributed by atoms with van der Waals surface area (Å²) >= 11 is 0. The number of Topliss-reactive ketones (excluding diaryl/α,β-unsaturated/α-hetero) is 2. The van der Waals surface area contributed by atoms with Crippen LogP contribution in [0.1, 0.15) is 29.8 Å². The Morgan fingerprint density at radius 2 is 2.05 bits per heavy atom. The number of ketones is 2. The Morgan fingerprint density at radius 1 is 1.33 bits per heavy atom. The van der Waals surface area contributed by atoms with E-state index in [1.165, 1.54) is 7.11 Å². The van der Waals surface area contributed by atoms with Gasteiger partial charge in [0, 0.05) is 5.56 Å². The van der Waals surface area contributed by atoms with E-state index in [1.54, 1.807) is 26.0 Å². The van der Waals surface area contributed by atoms with Crippen molar-refractivity contribution in [1.82, 2.24) is 0 Å². The fourth-order valence-electron chi connectivity index (χ4n) is 2.69. The maximum atomic E-state index is 12.6. The van der Waals surface area contributed by atoms with Gasteiger partial charge in [-0.05, 0) is 37.0 Å². The highest BCUT2D eigenvalue weighted by Crippen LogP contribution is 2.33. The van der Waals surface area contributed by atoms with Crippen molar-refractivity contribution < 1.29 is 23.9 Å². The number of methoxy groups -OCH3 is 1. The Morgan fingerprint density at radius 3 is 2.67 bits per heavy atom. The van der Waals surface area contributed by atoms with Gasteiger partial charge in [0.1, 0.15) is 5.75 Å². The van der Waals surface area contributed by atoms with Crippen LogP contribution in [0.2, 0.25) is 0 Å². The van der Waals surface area contributed by atoms with Crippen molar-refractivity contribution in [3.8, 4) is 5.75 Å². The lowest BCUT2D eigenvalue weighted by molar-refractivity contribution is -0.155. The summed E-state index contributed by atoms with van der Waals surface area (Å²) < 4.78 is 9.83. The number of carbonyl (C=O) groups excluding carboxylic acids is 3. The zero-order valence-electron chi connectivity index (χ0n) is 12.3. The Bertz CT molecular complexity index is 590. The number of hydrogen-bond acceptors (Lipinski definition) is 5. The van der Waals surface area contributed by atoms with Crippen LogP contribution in [0, 0.1) is 11.8 Å². The van der Waals surface area contributed by atoms with Crippen LogP contribution in [0.15, 0.2) is 18.2 Å². The zero-order chi connectivity index (χ0) is 15.6. The average molecular weight is 290 g/mol. The van der Waals surface area contributed by atoms with E-state index in [2.05, 4.69) is 0 Å². The SMILES string of the molecule is CCOC(=O)C(=O)C1C(=O)c2cc(OC)ccc2CC1C. The van der Waals surface area contributed by atoms with Crippen molar-refractivity contribution in [3.05, 3.63) is 29.3 Å². The van der Waals surface area contributed by atoms with Gasteiger partial charge in [-0.25, -0.2) is 4.79 Å². The predicted octanol–water partition coefficient (Wildman–Crippen LogP) is 1.82. The molecule has 1 aliphatic carbocycles. The highest BCUT2D eigenvalue weighted by molar-refractivity contribution is 6.39. The van der Waals surface area contributed by atoms with Crippen LogP contribution in [0.3, 0.4) is 0 Å². The lowest BCUT2D eigenvalue weighted by Crippen LogP contribution is -2.40. The van der Waals surface area contributed by atoms with Crippen LogP contribution < -0.4 is 4.74 Å². The normalized spacial score (nSPS) is 20.6. The first-order valence-corrected chi connectivity index (χ1v) is 6.91. The van der Waals surface area contributed by atoms with Crippen LogP contribution in [0.25, 0.3) is 0 Å². The first-order chi connectivity index (χ1) is 9.99. The Balaban J connectivity index is 2.35. The van der Waals surface area contributed by atoms with Gasteiger partial charge in [-0.3, -0.25) is 9.59 Å². The third kappa shape index (κ3) is 2.82. The molecule has 0 amide bonds. The quantitative estimate of drug-likeness (QED) is 0.480. The van der Waals surface area contributed by atoms with Crippen molar-refractivity contribution in [2.45, 2.75) is 20.3 Å². The van der Waals surface area contributed by atoms with Gasteiger partial charge in [-0.15, -0.1) is 0 Å². The summed E-state index contributed by atoms with van der Waals surface area (Å²) in [6.45, 7) is 3.54. The molecule has 1 aliphatic rings. The summed E-state index contributed by atoms with van der Waals surface area (Å²) in [5.74, 6) is -2.67.